The molecule has 4 nitrogen and oxygen atoms in total. The molecule has 1 heterocycles. The number of nitrogens with one attached hydrogen (secondary N) is 1. The van der Waals surface area contributed by atoms with E-state index in [9.17, 15) is 13.2 Å². The fourth-order valence-electron chi connectivity index (χ4n) is 1.98. The van der Waals surface area contributed by atoms with Gasteiger partial charge in [-0.3, -0.25) is 4.79 Å². The van der Waals surface area contributed by atoms with Crippen LogP contribution in [-0.4, -0.2) is 25.8 Å². The molecule has 1 aromatic rings. The van der Waals surface area contributed by atoms with Gasteiger partial charge in [0.1, 0.15) is 0 Å². The standard InChI is InChI=1S/C12H14ClNO3S/c13-11-3-1-2-9(6-11)7-14-12(15)10-4-5-18(16,17)8-10/h1-3,6,10H,4-5,7-8H2,(H,14,15). The van der Waals surface area contributed by atoms with Crippen LogP contribution in [0.15, 0.2) is 24.3 Å². The summed E-state index contributed by atoms with van der Waals surface area (Å²) in [5.74, 6) is -0.526. The lowest BCUT2D eigenvalue weighted by Gasteiger charge is -2.09. The Morgan fingerprint density at radius 3 is 2.83 bits per heavy atom. The summed E-state index contributed by atoms with van der Waals surface area (Å²) in [6.07, 6.45) is 0.420. The molecule has 1 N–H and O–H groups in total. The summed E-state index contributed by atoms with van der Waals surface area (Å²) in [6, 6.07) is 7.20. The molecular formula is C12H14ClNO3S. The summed E-state index contributed by atoms with van der Waals surface area (Å²) < 4.78 is 22.5. The van der Waals surface area contributed by atoms with E-state index in [0.29, 0.717) is 18.0 Å². The van der Waals surface area contributed by atoms with Crippen LogP contribution in [0.5, 0.6) is 0 Å². The van der Waals surface area contributed by atoms with Gasteiger partial charge in [0.25, 0.3) is 0 Å². The lowest BCUT2D eigenvalue weighted by atomic mass is 10.1. The van der Waals surface area contributed by atoms with E-state index < -0.39 is 15.8 Å². The monoisotopic (exact) mass is 287 g/mol. The number of rotatable bonds is 3. The molecule has 0 saturated carbocycles. The molecule has 1 atom stereocenters. The highest BCUT2D eigenvalue weighted by molar-refractivity contribution is 7.91. The molecule has 0 radical (unpaired) electrons. The summed E-state index contributed by atoms with van der Waals surface area (Å²) in [4.78, 5) is 11.8. The quantitative estimate of drug-likeness (QED) is 0.914. The minimum Gasteiger partial charge on any atom is -0.352 e. The van der Waals surface area contributed by atoms with Gasteiger partial charge in [-0.1, -0.05) is 23.7 Å². The maximum atomic E-state index is 11.8. The second-order valence-electron chi connectivity index (χ2n) is 4.45. The molecule has 2 rings (SSSR count). The molecule has 1 amide bonds. The Labute approximate surface area is 111 Å². The van der Waals surface area contributed by atoms with Gasteiger partial charge in [-0.05, 0) is 24.1 Å². The van der Waals surface area contributed by atoms with Crippen molar-refractivity contribution in [2.75, 3.05) is 11.5 Å². The zero-order valence-electron chi connectivity index (χ0n) is 9.73. The minimum absolute atomic E-state index is 0.0334. The van der Waals surface area contributed by atoms with Crippen molar-refractivity contribution in [1.82, 2.24) is 5.32 Å². The second-order valence-corrected chi connectivity index (χ2v) is 7.11. The van der Waals surface area contributed by atoms with Crippen LogP contribution in [0.4, 0.5) is 0 Å². The van der Waals surface area contributed by atoms with Crippen LogP contribution in [0.2, 0.25) is 5.02 Å². The summed E-state index contributed by atoms with van der Waals surface area (Å²) >= 11 is 5.83. The Morgan fingerprint density at radius 1 is 1.44 bits per heavy atom. The third-order valence-corrected chi connectivity index (χ3v) is 4.96. The van der Waals surface area contributed by atoms with Crippen molar-refractivity contribution in [1.29, 1.82) is 0 Å². The lowest BCUT2D eigenvalue weighted by Crippen LogP contribution is -2.30. The Bertz CT molecular complexity index is 556. The van der Waals surface area contributed by atoms with E-state index in [-0.39, 0.29) is 17.4 Å². The van der Waals surface area contributed by atoms with Crippen LogP contribution in [0.1, 0.15) is 12.0 Å². The van der Waals surface area contributed by atoms with Gasteiger partial charge in [0.05, 0.1) is 17.4 Å². The molecular weight excluding hydrogens is 274 g/mol. The van der Waals surface area contributed by atoms with Crippen molar-refractivity contribution in [2.45, 2.75) is 13.0 Å². The van der Waals surface area contributed by atoms with E-state index >= 15 is 0 Å². The first-order chi connectivity index (χ1) is 8.46. The third kappa shape index (κ3) is 3.46. The zero-order chi connectivity index (χ0) is 13.2. The summed E-state index contributed by atoms with van der Waals surface area (Å²) in [5.41, 5.74) is 0.900. The zero-order valence-corrected chi connectivity index (χ0v) is 11.3. The number of benzene rings is 1. The normalized spacial score (nSPS) is 21.7. The molecule has 0 aromatic heterocycles. The smallest absolute Gasteiger partial charge is 0.224 e. The molecule has 1 aliphatic rings. The van der Waals surface area contributed by atoms with E-state index in [1.807, 2.05) is 12.1 Å². The van der Waals surface area contributed by atoms with Crippen LogP contribution >= 0.6 is 11.6 Å². The highest BCUT2D eigenvalue weighted by Crippen LogP contribution is 2.18. The molecule has 1 aromatic carbocycles. The molecule has 0 spiro atoms. The summed E-state index contributed by atoms with van der Waals surface area (Å²) in [5, 5.41) is 3.36. The van der Waals surface area contributed by atoms with Gasteiger partial charge in [-0.25, -0.2) is 8.42 Å². The highest BCUT2D eigenvalue weighted by atomic mass is 35.5. The van der Waals surface area contributed by atoms with Gasteiger partial charge in [-0.2, -0.15) is 0 Å². The predicted octanol–water partition coefficient (Wildman–Crippen LogP) is 1.39. The molecule has 0 aliphatic carbocycles. The van der Waals surface area contributed by atoms with Gasteiger partial charge >= 0.3 is 0 Å². The van der Waals surface area contributed by atoms with E-state index in [4.69, 9.17) is 11.6 Å². The number of carbonyl (C=O) groups is 1. The molecule has 1 fully saturated rings. The third-order valence-electron chi connectivity index (χ3n) is 2.96. The Hall–Kier alpha value is -1.07. The van der Waals surface area contributed by atoms with Gasteiger partial charge in [0, 0.05) is 11.6 Å². The fraction of sp³-hybridized carbons (Fsp3) is 0.417. The van der Waals surface area contributed by atoms with Gasteiger partial charge in [-0.15, -0.1) is 0 Å². The van der Waals surface area contributed by atoms with Crippen molar-refractivity contribution in [2.24, 2.45) is 5.92 Å². The largest absolute Gasteiger partial charge is 0.352 e. The average molecular weight is 288 g/mol. The van der Waals surface area contributed by atoms with Crippen LogP contribution in [0.3, 0.4) is 0 Å². The van der Waals surface area contributed by atoms with Crippen molar-refractivity contribution < 1.29 is 13.2 Å². The van der Waals surface area contributed by atoms with Crippen molar-refractivity contribution in [3.8, 4) is 0 Å². The Kier molecular flexibility index (Phi) is 3.92. The fourth-order valence-corrected chi connectivity index (χ4v) is 3.94. The lowest BCUT2D eigenvalue weighted by molar-refractivity contribution is -0.124. The molecule has 1 saturated heterocycles. The first-order valence-corrected chi connectivity index (χ1v) is 7.89. The van der Waals surface area contributed by atoms with Crippen LogP contribution < -0.4 is 5.32 Å². The molecule has 0 bridgehead atoms. The Balaban J connectivity index is 1.89. The molecule has 18 heavy (non-hydrogen) atoms. The van der Waals surface area contributed by atoms with Gasteiger partial charge < -0.3 is 5.32 Å². The number of hydrogen-bond donors (Lipinski definition) is 1. The average Bonchev–Trinajstić information content (AvgIpc) is 2.67. The first kappa shape index (κ1) is 13.4. The van der Waals surface area contributed by atoms with Gasteiger partial charge in [0.15, 0.2) is 9.84 Å². The summed E-state index contributed by atoms with van der Waals surface area (Å²) in [6.45, 7) is 0.371. The number of carbonyl (C=O) groups excluding carboxylic acids is 1. The first-order valence-electron chi connectivity index (χ1n) is 5.69. The predicted molar refractivity (Wildman–Crippen MR) is 70.1 cm³/mol. The molecule has 98 valence electrons. The van der Waals surface area contributed by atoms with Gasteiger partial charge in [0.2, 0.25) is 5.91 Å². The Morgan fingerprint density at radius 2 is 2.22 bits per heavy atom. The number of sulfone groups is 1. The maximum Gasteiger partial charge on any atom is 0.224 e. The van der Waals surface area contributed by atoms with Crippen molar-refractivity contribution >= 4 is 27.3 Å². The molecule has 1 aliphatic heterocycles. The summed E-state index contributed by atoms with van der Waals surface area (Å²) in [7, 11) is -3.01. The minimum atomic E-state index is -3.01. The van der Waals surface area contributed by atoms with Crippen LogP contribution in [0, 0.1) is 5.92 Å². The molecule has 6 heteroatoms. The number of amides is 1. The van der Waals surface area contributed by atoms with Crippen LogP contribution in [0.25, 0.3) is 0 Å². The van der Waals surface area contributed by atoms with Crippen LogP contribution in [-0.2, 0) is 21.2 Å². The van der Waals surface area contributed by atoms with Crippen molar-refractivity contribution in [3.63, 3.8) is 0 Å². The van der Waals surface area contributed by atoms with Crippen molar-refractivity contribution in [3.05, 3.63) is 34.9 Å². The second kappa shape index (κ2) is 5.28. The number of hydrogen-bond acceptors (Lipinski definition) is 3. The maximum absolute atomic E-state index is 11.8. The molecule has 1 unspecified atom stereocenters. The highest BCUT2D eigenvalue weighted by Gasteiger charge is 2.32. The van der Waals surface area contributed by atoms with E-state index in [1.54, 1.807) is 12.1 Å². The number of halogens is 1. The van der Waals surface area contributed by atoms with E-state index in [2.05, 4.69) is 5.32 Å². The van der Waals surface area contributed by atoms with E-state index in [0.717, 1.165) is 5.56 Å². The topological polar surface area (TPSA) is 63.2 Å². The van der Waals surface area contributed by atoms with E-state index in [1.165, 1.54) is 0 Å². The SMILES string of the molecule is O=C(NCc1cccc(Cl)c1)C1CCS(=O)(=O)C1.